The normalized spacial score (nSPS) is 10.5. The van der Waals surface area contributed by atoms with Crippen molar-refractivity contribution in [1.29, 1.82) is 0 Å². The van der Waals surface area contributed by atoms with Crippen LogP contribution in [-0.2, 0) is 4.74 Å². The molecule has 154 valence electrons. The van der Waals surface area contributed by atoms with Gasteiger partial charge in [0.2, 0.25) is 5.82 Å². The predicted octanol–water partition coefficient (Wildman–Crippen LogP) is 4.58. The van der Waals surface area contributed by atoms with E-state index in [2.05, 4.69) is 20.2 Å². The Hall–Kier alpha value is -4.33. The summed E-state index contributed by atoms with van der Waals surface area (Å²) in [6.07, 6.45) is 0. The first kappa shape index (κ1) is 20.0. The lowest BCUT2D eigenvalue weighted by molar-refractivity contribution is 0.0600. The summed E-state index contributed by atoms with van der Waals surface area (Å²) in [5, 5.41) is 6.68. The van der Waals surface area contributed by atoms with Gasteiger partial charge in [0.25, 0.3) is 11.8 Å². The minimum absolute atomic E-state index is 0.233. The van der Waals surface area contributed by atoms with E-state index in [4.69, 9.17) is 4.52 Å². The van der Waals surface area contributed by atoms with E-state index in [0.29, 0.717) is 33.8 Å². The van der Waals surface area contributed by atoms with E-state index in [1.54, 1.807) is 60.7 Å². The first-order valence-electron chi connectivity index (χ1n) is 9.23. The van der Waals surface area contributed by atoms with Gasteiger partial charge < -0.3 is 14.6 Å². The molecule has 0 aliphatic heterocycles. The Morgan fingerprint density at radius 3 is 2.39 bits per heavy atom. The molecular formula is C23H16FN3O4. The Labute approximate surface area is 176 Å². The summed E-state index contributed by atoms with van der Waals surface area (Å²) < 4.78 is 23.1. The van der Waals surface area contributed by atoms with E-state index in [1.807, 2.05) is 0 Å². The fourth-order valence-electron chi connectivity index (χ4n) is 2.86. The molecule has 0 unspecified atom stereocenters. The fourth-order valence-corrected chi connectivity index (χ4v) is 2.86. The van der Waals surface area contributed by atoms with Crippen LogP contribution in [0.1, 0.15) is 20.7 Å². The Morgan fingerprint density at radius 2 is 1.68 bits per heavy atom. The van der Waals surface area contributed by atoms with E-state index < -0.39 is 5.97 Å². The Balaban J connectivity index is 1.51. The van der Waals surface area contributed by atoms with E-state index >= 15 is 0 Å². The number of ether oxygens (including phenoxy) is 1. The highest BCUT2D eigenvalue weighted by Gasteiger charge is 2.14. The number of carbonyl (C=O) groups is 2. The van der Waals surface area contributed by atoms with Gasteiger partial charge in [0.05, 0.1) is 12.7 Å². The highest BCUT2D eigenvalue weighted by Crippen LogP contribution is 2.23. The zero-order valence-electron chi connectivity index (χ0n) is 16.3. The number of aromatic nitrogens is 2. The van der Waals surface area contributed by atoms with Crippen LogP contribution < -0.4 is 5.32 Å². The number of hydrogen-bond donors (Lipinski definition) is 1. The summed E-state index contributed by atoms with van der Waals surface area (Å²) in [5.74, 6) is -0.603. The van der Waals surface area contributed by atoms with Gasteiger partial charge in [0.15, 0.2) is 0 Å². The topological polar surface area (TPSA) is 94.3 Å². The second kappa shape index (κ2) is 8.58. The molecule has 8 heteroatoms. The predicted molar refractivity (Wildman–Crippen MR) is 111 cm³/mol. The maximum Gasteiger partial charge on any atom is 0.337 e. The van der Waals surface area contributed by atoms with Crippen LogP contribution in [0.2, 0.25) is 0 Å². The van der Waals surface area contributed by atoms with Crippen LogP contribution in [0.5, 0.6) is 0 Å². The number of methoxy groups -OCH3 is 1. The van der Waals surface area contributed by atoms with E-state index in [0.717, 1.165) is 0 Å². The lowest BCUT2D eigenvalue weighted by Crippen LogP contribution is -2.12. The monoisotopic (exact) mass is 417 g/mol. The summed E-state index contributed by atoms with van der Waals surface area (Å²) in [6, 6.07) is 18.8. The number of amides is 1. The molecule has 4 rings (SSSR count). The van der Waals surface area contributed by atoms with Gasteiger partial charge in [-0.25, -0.2) is 9.18 Å². The van der Waals surface area contributed by atoms with E-state index in [-0.39, 0.29) is 17.6 Å². The van der Waals surface area contributed by atoms with Crippen LogP contribution in [0, 0.1) is 5.82 Å². The number of nitrogens with one attached hydrogen (secondary N) is 1. The molecule has 0 spiro atoms. The molecule has 1 aromatic heterocycles. The first-order valence-corrected chi connectivity index (χ1v) is 9.23. The maximum absolute atomic E-state index is 13.1. The molecule has 4 aromatic rings. The van der Waals surface area contributed by atoms with Gasteiger partial charge in [0.1, 0.15) is 5.82 Å². The third-order valence-corrected chi connectivity index (χ3v) is 4.46. The minimum Gasteiger partial charge on any atom is -0.465 e. The smallest absolute Gasteiger partial charge is 0.337 e. The molecular weight excluding hydrogens is 401 g/mol. The molecule has 1 heterocycles. The van der Waals surface area contributed by atoms with Crippen LogP contribution in [0.3, 0.4) is 0 Å². The van der Waals surface area contributed by atoms with Gasteiger partial charge in [-0.15, -0.1) is 0 Å². The number of rotatable bonds is 5. The average Bonchev–Trinajstić information content (AvgIpc) is 3.30. The van der Waals surface area contributed by atoms with Crippen LogP contribution in [0.25, 0.3) is 22.8 Å². The zero-order chi connectivity index (χ0) is 21.8. The second-order valence-electron chi connectivity index (χ2n) is 6.53. The SMILES string of the molecule is COC(=O)c1ccc(NC(=O)c2cccc(-c3nc(-c4ccc(F)cc4)no3)c2)cc1. The van der Waals surface area contributed by atoms with Crippen molar-refractivity contribution in [3.05, 3.63) is 89.7 Å². The molecule has 0 atom stereocenters. The summed E-state index contributed by atoms with van der Waals surface area (Å²) >= 11 is 0. The van der Waals surface area contributed by atoms with Gasteiger partial charge in [-0.05, 0) is 66.7 Å². The van der Waals surface area contributed by atoms with Crippen molar-refractivity contribution in [3.8, 4) is 22.8 Å². The van der Waals surface area contributed by atoms with Crippen LogP contribution >= 0.6 is 0 Å². The van der Waals surface area contributed by atoms with Crippen molar-refractivity contribution in [2.75, 3.05) is 12.4 Å². The second-order valence-corrected chi connectivity index (χ2v) is 6.53. The number of benzene rings is 3. The summed E-state index contributed by atoms with van der Waals surface area (Å²) in [6.45, 7) is 0. The summed E-state index contributed by atoms with van der Waals surface area (Å²) in [4.78, 5) is 28.5. The quantitative estimate of drug-likeness (QED) is 0.478. The van der Waals surface area contributed by atoms with Crippen molar-refractivity contribution in [2.24, 2.45) is 0 Å². The zero-order valence-corrected chi connectivity index (χ0v) is 16.3. The number of hydrogen-bond acceptors (Lipinski definition) is 6. The lowest BCUT2D eigenvalue weighted by Gasteiger charge is -2.07. The lowest BCUT2D eigenvalue weighted by atomic mass is 10.1. The molecule has 0 saturated carbocycles. The number of anilines is 1. The molecule has 0 fully saturated rings. The highest BCUT2D eigenvalue weighted by atomic mass is 19.1. The molecule has 0 bridgehead atoms. The fraction of sp³-hybridized carbons (Fsp3) is 0.0435. The standard InChI is InChI=1S/C23H16FN3O4/c1-30-23(29)15-7-11-19(12-8-15)25-21(28)16-3-2-4-17(13-16)22-26-20(27-31-22)14-5-9-18(24)10-6-14/h2-13H,1H3,(H,25,28). The van der Waals surface area contributed by atoms with Crippen molar-refractivity contribution in [2.45, 2.75) is 0 Å². The van der Waals surface area contributed by atoms with Crippen molar-refractivity contribution >= 4 is 17.6 Å². The van der Waals surface area contributed by atoms with Crippen LogP contribution in [-0.4, -0.2) is 29.1 Å². The molecule has 0 radical (unpaired) electrons. The Morgan fingerprint density at radius 1 is 0.935 bits per heavy atom. The molecule has 31 heavy (non-hydrogen) atoms. The van der Waals surface area contributed by atoms with Crippen LogP contribution in [0.4, 0.5) is 10.1 Å². The number of halogens is 1. The van der Waals surface area contributed by atoms with E-state index in [9.17, 15) is 14.0 Å². The van der Waals surface area contributed by atoms with Crippen LogP contribution in [0.15, 0.2) is 77.3 Å². The molecule has 0 aliphatic rings. The summed E-state index contributed by atoms with van der Waals surface area (Å²) in [7, 11) is 1.30. The Bertz CT molecular complexity index is 1230. The molecule has 0 aliphatic carbocycles. The summed E-state index contributed by atoms with van der Waals surface area (Å²) in [5.41, 5.74) is 2.47. The van der Waals surface area contributed by atoms with Crippen molar-refractivity contribution < 1.29 is 23.2 Å². The largest absolute Gasteiger partial charge is 0.465 e. The molecule has 3 aromatic carbocycles. The molecule has 1 N–H and O–H groups in total. The number of nitrogens with zero attached hydrogens (tertiary/aromatic N) is 2. The van der Waals surface area contributed by atoms with Gasteiger partial charge in [-0.1, -0.05) is 11.2 Å². The van der Waals surface area contributed by atoms with Gasteiger partial charge in [-0.3, -0.25) is 4.79 Å². The van der Waals surface area contributed by atoms with Crippen molar-refractivity contribution in [1.82, 2.24) is 10.1 Å². The van der Waals surface area contributed by atoms with Gasteiger partial charge in [0, 0.05) is 22.4 Å². The maximum atomic E-state index is 13.1. The highest BCUT2D eigenvalue weighted by molar-refractivity contribution is 6.05. The van der Waals surface area contributed by atoms with Crippen molar-refractivity contribution in [3.63, 3.8) is 0 Å². The molecule has 1 amide bonds. The molecule has 0 saturated heterocycles. The Kier molecular flexibility index (Phi) is 5.53. The third-order valence-electron chi connectivity index (χ3n) is 4.46. The van der Waals surface area contributed by atoms with E-state index in [1.165, 1.54) is 19.2 Å². The minimum atomic E-state index is -0.454. The number of carbonyl (C=O) groups excluding carboxylic acids is 2. The third kappa shape index (κ3) is 4.48. The average molecular weight is 417 g/mol. The number of esters is 1. The van der Waals surface area contributed by atoms with Gasteiger partial charge in [-0.2, -0.15) is 4.98 Å². The molecule has 7 nitrogen and oxygen atoms in total. The van der Waals surface area contributed by atoms with Gasteiger partial charge >= 0.3 is 5.97 Å². The first-order chi connectivity index (χ1) is 15.0.